The fourth-order valence-electron chi connectivity index (χ4n) is 5.58. The normalized spacial score (nSPS) is 20.9. The fourth-order valence-corrected chi connectivity index (χ4v) is 8.10. The number of nitrogens with zero attached hydrogens (tertiary/aromatic N) is 5. The minimum absolute atomic E-state index is 0.0786. The SMILES string of the molecule is C[C@H]1COCCN1c1cc(C2(S(=O)(=O)C3CC3)CCOCC2)nc(-c2ccc(NC(=O)Nc3cnn(C)c3)cc2)n1. The number of nitrogens with one attached hydrogen (secondary N) is 2. The Labute approximate surface area is 239 Å². The van der Waals surface area contributed by atoms with Crippen LogP contribution in [0.25, 0.3) is 11.4 Å². The summed E-state index contributed by atoms with van der Waals surface area (Å²) < 4.78 is 39.7. The van der Waals surface area contributed by atoms with E-state index in [-0.39, 0.29) is 17.3 Å². The molecule has 41 heavy (non-hydrogen) atoms. The van der Waals surface area contributed by atoms with Gasteiger partial charge in [0.25, 0.3) is 0 Å². The number of aromatic nitrogens is 4. The second-order valence-electron chi connectivity index (χ2n) is 11.0. The highest BCUT2D eigenvalue weighted by atomic mass is 32.2. The molecule has 0 bridgehead atoms. The molecule has 1 aliphatic carbocycles. The number of rotatable bonds is 7. The van der Waals surface area contributed by atoms with E-state index in [1.165, 1.54) is 0 Å². The number of amides is 2. The molecule has 2 N–H and O–H groups in total. The first-order chi connectivity index (χ1) is 19.7. The minimum Gasteiger partial charge on any atom is -0.381 e. The number of ether oxygens (including phenoxy) is 2. The van der Waals surface area contributed by atoms with Crippen LogP contribution in [-0.4, -0.2) is 78.5 Å². The van der Waals surface area contributed by atoms with E-state index in [9.17, 15) is 13.2 Å². The van der Waals surface area contributed by atoms with Crippen molar-refractivity contribution in [1.29, 1.82) is 0 Å². The molecular formula is C28H35N7O5S. The van der Waals surface area contributed by atoms with Gasteiger partial charge >= 0.3 is 6.03 Å². The van der Waals surface area contributed by atoms with Gasteiger partial charge in [0.05, 0.1) is 42.1 Å². The highest BCUT2D eigenvalue weighted by Gasteiger charge is 2.54. The van der Waals surface area contributed by atoms with Gasteiger partial charge < -0.3 is 25.0 Å². The number of anilines is 3. The summed E-state index contributed by atoms with van der Waals surface area (Å²) in [5.41, 5.74) is 2.42. The summed E-state index contributed by atoms with van der Waals surface area (Å²) in [5.74, 6) is 1.13. The lowest BCUT2D eigenvalue weighted by Crippen LogP contribution is -2.46. The quantitative estimate of drug-likeness (QED) is 0.430. The van der Waals surface area contributed by atoms with Gasteiger partial charge in [0.2, 0.25) is 0 Å². The molecule has 3 fully saturated rings. The van der Waals surface area contributed by atoms with Gasteiger partial charge in [-0.1, -0.05) is 0 Å². The van der Waals surface area contributed by atoms with Gasteiger partial charge in [-0.05, 0) is 56.9 Å². The fraction of sp³-hybridized carbons (Fsp3) is 0.500. The maximum absolute atomic E-state index is 13.9. The van der Waals surface area contributed by atoms with Crippen LogP contribution in [0.15, 0.2) is 42.7 Å². The van der Waals surface area contributed by atoms with Crippen LogP contribution in [-0.2, 0) is 31.1 Å². The lowest BCUT2D eigenvalue weighted by molar-refractivity contribution is 0.0729. The first-order valence-corrected chi connectivity index (χ1v) is 15.5. The standard InChI is InChI=1S/C28H35N7O5S/c1-19-18-40-14-11-35(19)25-15-24(28(9-12-39-13-10-28)41(37,38)23-7-8-23)32-26(33-25)20-3-5-21(6-4-20)30-27(36)31-22-16-29-34(2)17-22/h3-6,15-17,19,23H,7-14,18H2,1-2H3,(H2,30,31,36)/t19-/m0/s1. The zero-order valence-electron chi connectivity index (χ0n) is 23.2. The largest absolute Gasteiger partial charge is 0.381 e. The lowest BCUT2D eigenvalue weighted by Gasteiger charge is -2.38. The number of sulfone groups is 1. The monoisotopic (exact) mass is 581 g/mol. The predicted molar refractivity (Wildman–Crippen MR) is 155 cm³/mol. The topological polar surface area (TPSA) is 141 Å². The molecule has 12 nitrogen and oxygen atoms in total. The molecule has 0 radical (unpaired) electrons. The molecule has 3 aliphatic rings. The molecule has 4 heterocycles. The lowest BCUT2D eigenvalue weighted by atomic mass is 9.94. The molecule has 0 spiro atoms. The Morgan fingerprint density at radius 3 is 2.41 bits per heavy atom. The number of carbonyl (C=O) groups is 1. The number of morpholine rings is 1. The molecule has 2 amide bonds. The van der Waals surface area contributed by atoms with Gasteiger partial charge in [0, 0.05) is 50.3 Å². The van der Waals surface area contributed by atoms with Crippen LogP contribution in [0.1, 0.15) is 38.3 Å². The number of carbonyl (C=O) groups excluding carboxylic acids is 1. The van der Waals surface area contributed by atoms with E-state index >= 15 is 0 Å². The number of hydrogen-bond donors (Lipinski definition) is 2. The van der Waals surface area contributed by atoms with Crippen LogP contribution in [0.2, 0.25) is 0 Å². The Morgan fingerprint density at radius 1 is 1.02 bits per heavy atom. The van der Waals surface area contributed by atoms with Crippen molar-refractivity contribution in [2.75, 3.05) is 48.5 Å². The summed E-state index contributed by atoms with van der Waals surface area (Å²) in [6.07, 6.45) is 5.39. The van der Waals surface area contributed by atoms with Crippen LogP contribution < -0.4 is 15.5 Å². The molecule has 1 saturated carbocycles. The van der Waals surface area contributed by atoms with E-state index in [1.54, 1.807) is 36.3 Å². The Balaban J connectivity index is 1.35. The molecular weight excluding hydrogens is 546 g/mol. The van der Waals surface area contributed by atoms with Crippen LogP contribution in [0.3, 0.4) is 0 Å². The van der Waals surface area contributed by atoms with E-state index in [1.807, 2.05) is 18.2 Å². The number of urea groups is 1. The Hall–Kier alpha value is -3.55. The van der Waals surface area contributed by atoms with Gasteiger partial charge in [-0.25, -0.2) is 23.2 Å². The number of benzene rings is 1. The van der Waals surface area contributed by atoms with Gasteiger partial charge in [0.15, 0.2) is 15.7 Å². The number of aryl methyl sites for hydroxylation is 1. The van der Waals surface area contributed by atoms with E-state index in [2.05, 4.69) is 27.6 Å². The van der Waals surface area contributed by atoms with Crippen LogP contribution >= 0.6 is 0 Å². The van der Waals surface area contributed by atoms with Gasteiger partial charge in [-0.2, -0.15) is 5.10 Å². The van der Waals surface area contributed by atoms with Crippen molar-refractivity contribution < 1.29 is 22.7 Å². The summed E-state index contributed by atoms with van der Waals surface area (Å²) in [4.78, 5) is 24.5. The third-order valence-corrected chi connectivity index (χ3v) is 11.1. The molecule has 0 unspecified atom stereocenters. The Morgan fingerprint density at radius 2 is 1.76 bits per heavy atom. The summed E-state index contributed by atoms with van der Waals surface area (Å²) in [6, 6.07) is 8.77. The molecule has 6 rings (SSSR count). The molecule has 3 aromatic rings. The van der Waals surface area contributed by atoms with Crippen molar-refractivity contribution in [2.45, 2.75) is 48.6 Å². The van der Waals surface area contributed by atoms with E-state index in [0.717, 1.165) is 5.56 Å². The van der Waals surface area contributed by atoms with Gasteiger partial charge in [-0.3, -0.25) is 4.68 Å². The minimum atomic E-state index is -3.48. The zero-order chi connectivity index (χ0) is 28.6. The van der Waals surface area contributed by atoms with E-state index < -0.39 is 14.6 Å². The first kappa shape index (κ1) is 27.6. The predicted octanol–water partition coefficient (Wildman–Crippen LogP) is 3.33. The third kappa shape index (κ3) is 5.53. The number of hydrogen-bond acceptors (Lipinski definition) is 9. The molecule has 2 aromatic heterocycles. The average molecular weight is 582 g/mol. The second-order valence-corrected chi connectivity index (χ2v) is 13.5. The summed E-state index contributed by atoms with van der Waals surface area (Å²) >= 11 is 0. The van der Waals surface area contributed by atoms with Crippen molar-refractivity contribution in [2.24, 2.45) is 7.05 Å². The summed E-state index contributed by atoms with van der Waals surface area (Å²) in [7, 11) is -1.71. The first-order valence-electron chi connectivity index (χ1n) is 14.0. The van der Waals surface area contributed by atoms with Crippen molar-refractivity contribution in [3.63, 3.8) is 0 Å². The summed E-state index contributed by atoms with van der Waals surface area (Å²) in [5, 5.41) is 9.27. The molecule has 2 saturated heterocycles. The van der Waals surface area contributed by atoms with E-state index in [0.29, 0.717) is 87.4 Å². The highest BCUT2D eigenvalue weighted by molar-refractivity contribution is 7.93. The second kappa shape index (κ2) is 11.0. The van der Waals surface area contributed by atoms with Crippen molar-refractivity contribution in [1.82, 2.24) is 19.7 Å². The maximum Gasteiger partial charge on any atom is 0.323 e. The Kier molecular flexibility index (Phi) is 7.43. The zero-order valence-corrected chi connectivity index (χ0v) is 24.1. The maximum atomic E-state index is 13.9. The van der Waals surface area contributed by atoms with Crippen molar-refractivity contribution in [3.8, 4) is 11.4 Å². The van der Waals surface area contributed by atoms with Crippen molar-refractivity contribution >= 4 is 33.1 Å². The molecule has 1 aromatic carbocycles. The smallest absolute Gasteiger partial charge is 0.323 e. The van der Waals surface area contributed by atoms with Crippen LogP contribution in [0.5, 0.6) is 0 Å². The van der Waals surface area contributed by atoms with E-state index in [4.69, 9.17) is 19.4 Å². The summed E-state index contributed by atoms with van der Waals surface area (Å²) in [6.45, 7) is 4.60. The Bertz CT molecular complexity index is 1510. The van der Waals surface area contributed by atoms with Crippen LogP contribution in [0.4, 0.5) is 22.0 Å². The van der Waals surface area contributed by atoms with Crippen molar-refractivity contribution in [3.05, 3.63) is 48.4 Å². The van der Waals surface area contributed by atoms with Gasteiger partial charge in [0.1, 0.15) is 10.6 Å². The molecule has 2 aliphatic heterocycles. The highest BCUT2D eigenvalue weighted by Crippen LogP contribution is 2.47. The van der Waals surface area contributed by atoms with Crippen LogP contribution in [0, 0.1) is 0 Å². The molecule has 1 atom stereocenters. The molecule has 13 heteroatoms. The van der Waals surface area contributed by atoms with Gasteiger partial charge in [-0.15, -0.1) is 0 Å². The average Bonchev–Trinajstić information content (AvgIpc) is 3.76. The third-order valence-electron chi connectivity index (χ3n) is 8.01. The molecule has 218 valence electrons.